The van der Waals surface area contributed by atoms with E-state index < -0.39 is 5.60 Å². The number of hydrogen-bond acceptors (Lipinski definition) is 4. The molecule has 0 bridgehead atoms. The number of carbonyl (C=O) groups is 1. The molecule has 2 aromatic rings. The molecule has 6 nitrogen and oxygen atoms in total. The molecule has 0 aliphatic rings. The number of aliphatic hydroxyl groups is 1. The highest BCUT2D eigenvalue weighted by Gasteiger charge is 2.22. The first kappa shape index (κ1) is 16.0. The molecule has 0 unspecified atom stereocenters. The normalized spacial score (nSPS) is 11.5. The fraction of sp³-hybridized carbons (Fsp3) is 0.375. The quantitative estimate of drug-likeness (QED) is 0.904. The molecule has 0 radical (unpaired) electrons. The first-order chi connectivity index (χ1) is 10.3. The number of rotatable bonds is 5. The second kappa shape index (κ2) is 6.19. The number of nitrogens with zero attached hydrogens (tertiary/aromatic N) is 2. The van der Waals surface area contributed by atoms with Crippen molar-refractivity contribution in [2.75, 3.05) is 13.6 Å². The molecule has 6 heteroatoms. The Balaban J connectivity index is 2.10. The van der Waals surface area contributed by atoms with Crippen molar-refractivity contribution in [3.05, 3.63) is 58.4 Å². The number of pyridine rings is 1. The number of furan rings is 1. The smallest absolute Gasteiger partial charge is 0.289 e. The van der Waals surface area contributed by atoms with Crippen LogP contribution in [0.25, 0.3) is 0 Å². The topological polar surface area (TPSA) is 75.7 Å². The standard InChI is InChI=1S/C16H20N2O4/c1-16(2,21)11-17(3)15(20)13-8-7-12(22-13)10-18-9-5-4-6-14(18)19/h4-9,21H,10-11H2,1-3H3. The molecule has 1 N–H and O–H groups in total. The Bertz CT molecular complexity index is 709. The summed E-state index contributed by atoms with van der Waals surface area (Å²) in [5.41, 5.74) is -1.11. The Hall–Kier alpha value is -2.34. The van der Waals surface area contributed by atoms with Crippen LogP contribution in [0.15, 0.2) is 45.7 Å². The molecule has 0 saturated heterocycles. The second-order valence-corrected chi connectivity index (χ2v) is 5.91. The van der Waals surface area contributed by atoms with Crippen molar-refractivity contribution in [3.63, 3.8) is 0 Å². The predicted octanol–water partition coefficient (Wildman–Crippen LogP) is 1.33. The van der Waals surface area contributed by atoms with Gasteiger partial charge in [0.05, 0.1) is 12.1 Å². The molecule has 0 atom stereocenters. The average Bonchev–Trinajstić information content (AvgIpc) is 2.87. The predicted molar refractivity (Wildman–Crippen MR) is 81.8 cm³/mol. The van der Waals surface area contributed by atoms with Crippen LogP contribution in [0.1, 0.15) is 30.2 Å². The van der Waals surface area contributed by atoms with Crippen LogP contribution in [0.4, 0.5) is 0 Å². The van der Waals surface area contributed by atoms with Gasteiger partial charge in [-0.2, -0.15) is 0 Å². The van der Waals surface area contributed by atoms with Gasteiger partial charge in [-0.25, -0.2) is 0 Å². The van der Waals surface area contributed by atoms with Gasteiger partial charge in [-0.3, -0.25) is 9.59 Å². The molecule has 118 valence electrons. The van der Waals surface area contributed by atoms with Crippen LogP contribution in [0.5, 0.6) is 0 Å². The van der Waals surface area contributed by atoms with E-state index in [4.69, 9.17) is 4.42 Å². The van der Waals surface area contributed by atoms with Gasteiger partial charge in [-0.15, -0.1) is 0 Å². The highest BCUT2D eigenvalue weighted by Crippen LogP contribution is 2.13. The molecule has 0 fully saturated rings. The van der Waals surface area contributed by atoms with Crippen LogP contribution < -0.4 is 5.56 Å². The molecule has 0 spiro atoms. The minimum absolute atomic E-state index is 0.133. The zero-order valence-corrected chi connectivity index (χ0v) is 12.9. The summed E-state index contributed by atoms with van der Waals surface area (Å²) >= 11 is 0. The number of likely N-dealkylation sites (N-methyl/N-ethyl adjacent to an activating group) is 1. The van der Waals surface area contributed by atoms with E-state index in [0.29, 0.717) is 5.76 Å². The van der Waals surface area contributed by atoms with E-state index in [-0.39, 0.29) is 30.3 Å². The third kappa shape index (κ3) is 4.08. The van der Waals surface area contributed by atoms with Gasteiger partial charge in [-0.05, 0) is 32.0 Å². The molecule has 2 rings (SSSR count). The summed E-state index contributed by atoms with van der Waals surface area (Å²) in [5, 5.41) is 9.75. The molecule has 0 aliphatic heterocycles. The second-order valence-electron chi connectivity index (χ2n) is 5.91. The Kier molecular flexibility index (Phi) is 4.51. The number of hydrogen-bond donors (Lipinski definition) is 1. The Labute approximate surface area is 128 Å². The third-order valence-electron chi connectivity index (χ3n) is 3.07. The van der Waals surface area contributed by atoms with Crippen LogP contribution in [0.3, 0.4) is 0 Å². The largest absolute Gasteiger partial charge is 0.454 e. The number of amides is 1. The van der Waals surface area contributed by atoms with Gasteiger partial charge in [0.15, 0.2) is 5.76 Å². The summed E-state index contributed by atoms with van der Waals surface area (Å²) in [5.74, 6) is 0.396. The minimum atomic E-state index is -0.975. The summed E-state index contributed by atoms with van der Waals surface area (Å²) < 4.78 is 7.00. The summed E-state index contributed by atoms with van der Waals surface area (Å²) in [7, 11) is 1.60. The molecular formula is C16H20N2O4. The summed E-state index contributed by atoms with van der Waals surface area (Å²) in [6.07, 6.45) is 1.66. The maximum Gasteiger partial charge on any atom is 0.289 e. The van der Waals surface area contributed by atoms with Gasteiger partial charge in [0, 0.05) is 25.9 Å². The van der Waals surface area contributed by atoms with Gasteiger partial charge in [0.25, 0.3) is 11.5 Å². The lowest BCUT2D eigenvalue weighted by Gasteiger charge is -2.24. The van der Waals surface area contributed by atoms with E-state index in [1.54, 1.807) is 51.4 Å². The summed E-state index contributed by atoms with van der Waals surface area (Å²) in [6.45, 7) is 3.72. The van der Waals surface area contributed by atoms with Crippen LogP contribution in [0, 0.1) is 0 Å². The van der Waals surface area contributed by atoms with Crippen LogP contribution in [0.2, 0.25) is 0 Å². The monoisotopic (exact) mass is 304 g/mol. The van der Waals surface area contributed by atoms with Gasteiger partial charge in [-0.1, -0.05) is 6.07 Å². The van der Waals surface area contributed by atoms with Crippen molar-refractivity contribution in [2.45, 2.75) is 26.0 Å². The third-order valence-corrected chi connectivity index (χ3v) is 3.07. The molecule has 2 heterocycles. The van der Waals surface area contributed by atoms with Gasteiger partial charge >= 0.3 is 0 Å². The fourth-order valence-electron chi connectivity index (χ4n) is 2.18. The SMILES string of the molecule is CN(CC(C)(C)O)C(=O)c1ccc(Cn2ccccc2=O)o1. The average molecular weight is 304 g/mol. The van der Waals surface area contributed by atoms with E-state index in [0.717, 1.165) is 0 Å². The Morgan fingerprint density at radius 3 is 2.68 bits per heavy atom. The van der Waals surface area contributed by atoms with Gasteiger partial charge < -0.3 is 19.0 Å². The van der Waals surface area contributed by atoms with Crippen molar-refractivity contribution in [1.82, 2.24) is 9.47 Å². The first-order valence-corrected chi connectivity index (χ1v) is 6.98. The Morgan fingerprint density at radius 2 is 2.05 bits per heavy atom. The Morgan fingerprint density at radius 1 is 1.32 bits per heavy atom. The first-order valence-electron chi connectivity index (χ1n) is 6.98. The number of carbonyl (C=O) groups excluding carboxylic acids is 1. The maximum atomic E-state index is 12.2. The van der Waals surface area contributed by atoms with Crippen LogP contribution in [-0.4, -0.2) is 39.7 Å². The van der Waals surface area contributed by atoms with Crippen LogP contribution >= 0.6 is 0 Å². The lowest BCUT2D eigenvalue weighted by Crippen LogP contribution is -2.39. The van der Waals surface area contributed by atoms with Crippen molar-refractivity contribution >= 4 is 5.91 Å². The number of aromatic nitrogens is 1. The summed E-state index contributed by atoms with van der Waals surface area (Å²) in [6, 6.07) is 8.14. The molecule has 22 heavy (non-hydrogen) atoms. The highest BCUT2D eigenvalue weighted by atomic mass is 16.4. The van der Waals surface area contributed by atoms with E-state index in [1.807, 2.05) is 0 Å². The summed E-state index contributed by atoms with van der Waals surface area (Å²) in [4.78, 5) is 25.3. The molecular weight excluding hydrogens is 284 g/mol. The van der Waals surface area contributed by atoms with Crippen LogP contribution in [-0.2, 0) is 6.54 Å². The van der Waals surface area contributed by atoms with E-state index in [9.17, 15) is 14.7 Å². The lowest BCUT2D eigenvalue weighted by molar-refractivity contribution is 0.0351. The van der Waals surface area contributed by atoms with Crippen molar-refractivity contribution in [3.8, 4) is 0 Å². The van der Waals surface area contributed by atoms with E-state index in [2.05, 4.69) is 0 Å². The maximum absolute atomic E-state index is 12.2. The zero-order valence-electron chi connectivity index (χ0n) is 12.9. The van der Waals surface area contributed by atoms with Crippen molar-refractivity contribution in [2.24, 2.45) is 0 Å². The lowest BCUT2D eigenvalue weighted by atomic mass is 10.1. The van der Waals surface area contributed by atoms with E-state index >= 15 is 0 Å². The van der Waals surface area contributed by atoms with Gasteiger partial charge in [0.2, 0.25) is 0 Å². The fourth-order valence-corrected chi connectivity index (χ4v) is 2.18. The molecule has 1 amide bonds. The van der Waals surface area contributed by atoms with Crippen molar-refractivity contribution < 1.29 is 14.3 Å². The minimum Gasteiger partial charge on any atom is -0.454 e. The molecule has 2 aromatic heterocycles. The molecule has 0 saturated carbocycles. The molecule has 0 aliphatic carbocycles. The molecule has 0 aromatic carbocycles. The van der Waals surface area contributed by atoms with Crippen molar-refractivity contribution in [1.29, 1.82) is 0 Å². The highest BCUT2D eigenvalue weighted by molar-refractivity contribution is 5.91. The van der Waals surface area contributed by atoms with Gasteiger partial charge in [0.1, 0.15) is 5.76 Å². The zero-order chi connectivity index (χ0) is 16.3. The van der Waals surface area contributed by atoms with E-state index in [1.165, 1.54) is 15.5 Å².